The number of nitrogens with zero attached hydrogens (tertiary/aromatic N) is 1. The zero-order valence-electron chi connectivity index (χ0n) is 12.6. The summed E-state index contributed by atoms with van der Waals surface area (Å²) < 4.78 is 5.29. The Morgan fingerprint density at radius 2 is 2.20 bits per heavy atom. The van der Waals surface area contributed by atoms with Gasteiger partial charge in [0.15, 0.2) is 0 Å². The number of carbonyl (C=O) groups excluding carboxylic acids is 1. The van der Waals surface area contributed by atoms with Crippen molar-refractivity contribution in [3.8, 4) is 5.75 Å². The number of carbonyl (C=O) groups is 1. The van der Waals surface area contributed by atoms with Crippen molar-refractivity contribution >= 4 is 5.78 Å². The minimum atomic E-state index is 0.299. The molecule has 0 amide bonds. The van der Waals surface area contributed by atoms with Gasteiger partial charge in [0.1, 0.15) is 11.5 Å². The number of ketones is 1. The van der Waals surface area contributed by atoms with Crippen LogP contribution in [0.2, 0.25) is 0 Å². The highest BCUT2D eigenvalue weighted by atomic mass is 16.5. The molecule has 1 unspecified atom stereocenters. The van der Waals surface area contributed by atoms with E-state index in [2.05, 4.69) is 17.0 Å². The van der Waals surface area contributed by atoms with Crippen LogP contribution in [0.5, 0.6) is 5.75 Å². The average molecular weight is 275 g/mol. The van der Waals surface area contributed by atoms with Crippen molar-refractivity contribution < 1.29 is 9.53 Å². The van der Waals surface area contributed by atoms with Crippen LogP contribution in [0.3, 0.4) is 0 Å². The van der Waals surface area contributed by atoms with Gasteiger partial charge in [-0.3, -0.25) is 9.69 Å². The largest absolute Gasteiger partial charge is 0.497 e. The lowest BCUT2D eigenvalue weighted by Gasteiger charge is -2.29. The average Bonchev–Trinajstić information content (AvgIpc) is 2.64. The van der Waals surface area contributed by atoms with Crippen LogP contribution in [0.1, 0.15) is 44.6 Å². The summed E-state index contributed by atoms with van der Waals surface area (Å²) in [4.78, 5) is 14.0. The van der Waals surface area contributed by atoms with Crippen LogP contribution < -0.4 is 4.74 Å². The van der Waals surface area contributed by atoms with Crippen molar-refractivity contribution in [2.45, 2.75) is 51.6 Å². The zero-order valence-corrected chi connectivity index (χ0v) is 12.6. The lowest BCUT2D eigenvalue weighted by molar-refractivity contribution is -0.118. The van der Waals surface area contributed by atoms with Gasteiger partial charge in [-0.1, -0.05) is 25.0 Å². The first-order valence-electron chi connectivity index (χ1n) is 7.55. The standard InChI is InChI=1S/C17H25NO2/c1-14(19)11-16-8-4-3-5-10-18(16)13-15-7-6-9-17(12-15)20-2/h6-7,9,12,16H,3-5,8,10-11,13H2,1-2H3. The lowest BCUT2D eigenvalue weighted by atomic mass is 10.0. The Hall–Kier alpha value is -1.35. The van der Waals surface area contributed by atoms with Gasteiger partial charge in [-0.15, -0.1) is 0 Å². The van der Waals surface area contributed by atoms with Gasteiger partial charge in [-0.2, -0.15) is 0 Å². The smallest absolute Gasteiger partial charge is 0.131 e. The van der Waals surface area contributed by atoms with E-state index in [1.807, 2.05) is 12.1 Å². The first kappa shape index (κ1) is 15.0. The summed E-state index contributed by atoms with van der Waals surface area (Å²) in [6, 6.07) is 8.64. The molecule has 2 rings (SSSR count). The topological polar surface area (TPSA) is 29.5 Å². The maximum Gasteiger partial charge on any atom is 0.131 e. The van der Waals surface area contributed by atoms with Gasteiger partial charge in [0.05, 0.1) is 7.11 Å². The summed E-state index contributed by atoms with van der Waals surface area (Å²) in [6.45, 7) is 3.71. The van der Waals surface area contributed by atoms with Crippen LogP contribution in [-0.2, 0) is 11.3 Å². The maximum atomic E-state index is 11.5. The summed E-state index contributed by atoms with van der Waals surface area (Å²) >= 11 is 0. The van der Waals surface area contributed by atoms with Gasteiger partial charge < -0.3 is 4.74 Å². The number of methoxy groups -OCH3 is 1. The Morgan fingerprint density at radius 3 is 2.95 bits per heavy atom. The SMILES string of the molecule is COc1cccc(CN2CCCCCC2CC(C)=O)c1. The number of rotatable bonds is 5. The molecule has 3 heteroatoms. The highest BCUT2D eigenvalue weighted by Gasteiger charge is 2.22. The molecule has 0 spiro atoms. The van der Waals surface area contributed by atoms with Crippen molar-refractivity contribution in [2.24, 2.45) is 0 Å². The zero-order chi connectivity index (χ0) is 14.4. The molecule has 1 aromatic rings. The first-order chi connectivity index (χ1) is 9.69. The van der Waals surface area contributed by atoms with E-state index in [4.69, 9.17) is 4.74 Å². The number of hydrogen-bond acceptors (Lipinski definition) is 3. The lowest BCUT2D eigenvalue weighted by Crippen LogP contribution is -2.35. The summed E-state index contributed by atoms with van der Waals surface area (Å²) in [5.74, 6) is 1.20. The van der Waals surface area contributed by atoms with Crippen molar-refractivity contribution in [3.63, 3.8) is 0 Å². The predicted octanol–water partition coefficient (Wildman–Crippen LogP) is 3.42. The molecule has 1 heterocycles. The van der Waals surface area contributed by atoms with Crippen LogP contribution in [0.4, 0.5) is 0 Å². The van der Waals surface area contributed by atoms with Gasteiger partial charge in [0, 0.05) is 19.0 Å². The molecule has 1 aliphatic heterocycles. The highest BCUT2D eigenvalue weighted by Crippen LogP contribution is 2.23. The second-order valence-corrected chi connectivity index (χ2v) is 5.73. The first-order valence-corrected chi connectivity index (χ1v) is 7.55. The molecule has 0 saturated carbocycles. The Morgan fingerprint density at radius 1 is 1.35 bits per heavy atom. The Kier molecular flexibility index (Phi) is 5.60. The van der Waals surface area contributed by atoms with Gasteiger partial charge in [-0.25, -0.2) is 0 Å². The molecule has 3 nitrogen and oxygen atoms in total. The number of ether oxygens (including phenoxy) is 1. The fourth-order valence-corrected chi connectivity index (χ4v) is 3.01. The van der Waals surface area contributed by atoms with Crippen molar-refractivity contribution in [3.05, 3.63) is 29.8 Å². The van der Waals surface area contributed by atoms with Crippen LogP contribution in [-0.4, -0.2) is 30.4 Å². The molecule has 1 fully saturated rings. The van der Waals surface area contributed by atoms with E-state index >= 15 is 0 Å². The second kappa shape index (κ2) is 7.44. The molecule has 0 radical (unpaired) electrons. The molecular formula is C17H25NO2. The third-order valence-electron chi connectivity index (χ3n) is 4.04. The highest BCUT2D eigenvalue weighted by molar-refractivity contribution is 5.76. The molecule has 1 aliphatic rings. The summed E-state index contributed by atoms with van der Waals surface area (Å²) in [5, 5.41) is 0. The third kappa shape index (κ3) is 4.34. The summed E-state index contributed by atoms with van der Waals surface area (Å²) in [7, 11) is 1.70. The minimum absolute atomic E-state index is 0.299. The van der Waals surface area contributed by atoms with E-state index in [9.17, 15) is 4.79 Å². The van der Waals surface area contributed by atoms with Gasteiger partial charge in [0.2, 0.25) is 0 Å². The molecule has 1 aromatic carbocycles. The normalized spacial score (nSPS) is 20.4. The molecule has 0 aromatic heterocycles. The van der Waals surface area contributed by atoms with E-state index in [-0.39, 0.29) is 0 Å². The summed E-state index contributed by atoms with van der Waals surface area (Å²) in [5.41, 5.74) is 1.26. The molecule has 0 aliphatic carbocycles. The van der Waals surface area contributed by atoms with E-state index in [1.165, 1.54) is 24.8 Å². The van der Waals surface area contributed by atoms with Crippen LogP contribution in [0, 0.1) is 0 Å². The number of benzene rings is 1. The molecule has 110 valence electrons. The predicted molar refractivity (Wildman–Crippen MR) is 81.0 cm³/mol. The molecular weight excluding hydrogens is 250 g/mol. The minimum Gasteiger partial charge on any atom is -0.497 e. The number of hydrogen-bond donors (Lipinski definition) is 0. The molecule has 0 bridgehead atoms. The van der Waals surface area contributed by atoms with Crippen molar-refractivity contribution in [1.82, 2.24) is 4.90 Å². The fraction of sp³-hybridized carbons (Fsp3) is 0.588. The molecule has 0 N–H and O–H groups in total. The third-order valence-corrected chi connectivity index (χ3v) is 4.04. The Bertz CT molecular complexity index is 444. The summed E-state index contributed by atoms with van der Waals surface area (Å²) in [6.07, 6.45) is 5.58. The fourth-order valence-electron chi connectivity index (χ4n) is 3.01. The van der Waals surface area contributed by atoms with Crippen molar-refractivity contribution in [2.75, 3.05) is 13.7 Å². The van der Waals surface area contributed by atoms with E-state index < -0.39 is 0 Å². The van der Waals surface area contributed by atoms with Gasteiger partial charge in [0.25, 0.3) is 0 Å². The molecule has 1 saturated heterocycles. The Balaban J connectivity index is 2.07. The molecule has 1 atom stereocenters. The van der Waals surface area contributed by atoms with Crippen LogP contribution >= 0.6 is 0 Å². The second-order valence-electron chi connectivity index (χ2n) is 5.73. The quantitative estimate of drug-likeness (QED) is 0.824. The van der Waals surface area contributed by atoms with Crippen LogP contribution in [0.15, 0.2) is 24.3 Å². The van der Waals surface area contributed by atoms with Crippen LogP contribution in [0.25, 0.3) is 0 Å². The monoisotopic (exact) mass is 275 g/mol. The maximum absolute atomic E-state index is 11.5. The van der Waals surface area contributed by atoms with E-state index in [0.29, 0.717) is 18.2 Å². The van der Waals surface area contributed by atoms with E-state index in [0.717, 1.165) is 25.3 Å². The van der Waals surface area contributed by atoms with Gasteiger partial charge >= 0.3 is 0 Å². The van der Waals surface area contributed by atoms with E-state index in [1.54, 1.807) is 14.0 Å². The Labute approximate surface area is 121 Å². The molecule has 20 heavy (non-hydrogen) atoms. The number of likely N-dealkylation sites (tertiary alicyclic amines) is 1. The van der Waals surface area contributed by atoms with Gasteiger partial charge in [-0.05, 0) is 44.0 Å². The van der Waals surface area contributed by atoms with Crippen molar-refractivity contribution in [1.29, 1.82) is 0 Å². The number of Topliss-reactive ketones (excluding diaryl/α,β-unsaturated/α-hetero) is 1.